The van der Waals surface area contributed by atoms with Crippen molar-refractivity contribution in [2.45, 2.75) is 25.8 Å². The molecule has 0 radical (unpaired) electrons. The molecule has 43 heavy (non-hydrogen) atoms. The summed E-state index contributed by atoms with van der Waals surface area (Å²) in [6.07, 6.45) is 2.50. The van der Waals surface area contributed by atoms with E-state index < -0.39 is 40.4 Å². The Balaban J connectivity index is 1.72. The van der Waals surface area contributed by atoms with Gasteiger partial charge < -0.3 is 24.4 Å². The van der Waals surface area contributed by atoms with Crippen molar-refractivity contribution in [3.8, 4) is 34.3 Å². The van der Waals surface area contributed by atoms with Crippen molar-refractivity contribution in [3.63, 3.8) is 0 Å². The minimum atomic E-state index is -1.06. The highest BCUT2D eigenvalue weighted by molar-refractivity contribution is 5.97. The molecule has 222 valence electrons. The molecule has 0 unspecified atom stereocenters. The highest BCUT2D eigenvalue weighted by Crippen LogP contribution is 2.44. The second-order valence-electron chi connectivity index (χ2n) is 10.4. The van der Waals surface area contributed by atoms with E-state index in [1.807, 2.05) is 13.8 Å². The van der Waals surface area contributed by atoms with Gasteiger partial charge in [-0.25, -0.2) is 28.1 Å². The van der Waals surface area contributed by atoms with Crippen LogP contribution in [0.2, 0.25) is 0 Å². The Morgan fingerprint density at radius 2 is 2.02 bits per heavy atom. The van der Waals surface area contributed by atoms with E-state index in [4.69, 9.17) is 9.47 Å². The molecular formula is C29H27F2N7O5. The van der Waals surface area contributed by atoms with Gasteiger partial charge in [0.2, 0.25) is 11.8 Å². The number of rotatable bonds is 5. The van der Waals surface area contributed by atoms with Crippen molar-refractivity contribution in [1.29, 1.82) is 0 Å². The molecule has 1 saturated heterocycles. The summed E-state index contributed by atoms with van der Waals surface area (Å²) in [5.74, 6) is -3.27. The van der Waals surface area contributed by atoms with Gasteiger partial charge in [-0.05, 0) is 24.1 Å². The number of anilines is 1. The standard InChI is InChI=1S/C29H27F2N7O5/c1-5-18(40)36-9-10-37-15(11-36)12-43-25-20-26(37)35-29(41)38(24-22(14(2)3)32-13-33-28(24)42-4)27(20)34-23(21(25)31)19-16(30)7-6-8-17(19)39/h5-8,13-15,39H,1,9-12H2,2-4H3/t15-/m1/s1. The van der Waals surface area contributed by atoms with Crippen LogP contribution in [0.1, 0.15) is 25.5 Å². The Labute approximate surface area is 243 Å². The van der Waals surface area contributed by atoms with E-state index in [0.717, 1.165) is 10.6 Å². The molecule has 2 aliphatic rings. The average Bonchev–Trinajstić information content (AvgIpc) is 3.15. The predicted molar refractivity (Wildman–Crippen MR) is 152 cm³/mol. The van der Waals surface area contributed by atoms with Crippen LogP contribution < -0.4 is 20.1 Å². The lowest BCUT2D eigenvalue weighted by Crippen LogP contribution is -2.56. The molecule has 0 saturated carbocycles. The van der Waals surface area contributed by atoms with Crippen LogP contribution in [0.15, 0.2) is 42.0 Å². The van der Waals surface area contributed by atoms with Crippen molar-refractivity contribution < 1.29 is 28.2 Å². The summed E-state index contributed by atoms with van der Waals surface area (Å²) in [5.41, 5.74) is -1.49. The smallest absolute Gasteiger partial charge is 0.356 e. The molecule has 1 aromatic carbocycles. The first-order valence-electron chi connectivity index (χ1n) is 13.5. The van der Waals surface area contributed by atoms with Crippen molar-refractivity contribution >= 4 is 22.8 Å². The lowest BCUT2D eigenvalue weighted by atomic mass is 10.1. The van der Waals surface area contributed by atoms with Crippen molar-refractivity contribution in [1.82, 2.24) is 29.4 Å². The lowest BCUT2D eigenvalue weighted by molar-refractivity contribution is -0.126. The molecule has 12 nitrogen and oxygen atoms in total. The number of aromatic hydroxyl groups is 1. The fourth-order valence-corrected chi connectivity index (χ4v) is 5.58. The zero-order chi connectivity index (χ0) is 30.6. The highest BCUT2D eigenvalue weighted by Gasteiger charge is 2.38. The Bertz CT molecular complexity index is 1840. The van der Waals surface area contributed by atoms with E-state index in [2.05, 4.69) is 26.5 Å². The fraction of sp³-hybridized carbons (Fsp3) is 0.310. The largest absolute Gasteiger partial charge is 0.507 e. The third kappa shape index (κ3) is 4.40. The zero-order valence-electron chi connectivity index (χ0n) is 23.5. The number of pyridine rings is 1. The Morgan fingerprint density at radius 3 is 2.72 bits per heavy atom. The zero-order valence-corrected chi connectivity index (χ0v) is 23.5. The number of aromatic nitrogens is 5. The molecule has 3 aromatic heterocycles. The van der Waals surface area contributed by atoms with Crippen LogP contribution in [0.3, 0.4) is 0 Å². The molecule has 1 N–H and O–H groups in total. The molecule has 5 heterocycles. The van der Waals surface area contributed by atoms with Crippen LogP contribution in [-0.2, 0) is 4.79 Å². The van der Waals surface area contributed by atoms with Crippen LogP contribution in [0.5, 0.6) is 17.4 Å². The lowest BCUT2D eigenvalue weighted by Gasteiger charge is -2.40. The van der Waals surface area contributed by atoms with Gasteiger partial charge in [0.1, 0.15) is 47.1 Å². The van der Waals surface area contributed by atoms with Crippen LogP contribution in [0, 0.1) is 11.6 Å². The number of carbonyl (C=O) groups is 1. The first kappa shape index (κ1) is 28.0. The van der Waals surface area contributed by atoms with E-state index >= 15 is 8.78 Å². The third-order valence-corrected chi connectivity index (χ3v) is 7.57. The SMILES string of the molecule is C=CC(=O)N1CCN2c3nc(=O)n(-c4c(OC)ncnc4C(C)C)c4nc(-c5c(O)cccc5F)c(F)c(c34)OC[C@H]2C1. The number of amides is 1. The molecule has 4 aromatic rings. The van der Waals surface area contributed by atoms with Crippen LogP contribution in [-0.4, -0.2) is 79.8 Å². The van der Waals surface area contributed by atoms with Crippen LogP contribution in [0.25, 0.3) is 28.0 Å². The van der Waals surface area contributed by atoms with Gasteiger partial charge in [0.05, 0.1) is 24.4 Å². The number of benzene rings is 1. The van der Waals surface area contributed by atoms with Crippen molar-refractivity contribution in [2.24, 2.45) is 0 Å². The topological polar surface area (TPSA) is 136 Å². The minimum Gasteiger partial charge on any atom is -0.507 e. The van der Waals surface area contributed by atoms with Gasteiger partial charge in [-0.15, -0.1) is 0 Å². The first-order valence-corrected chi connectivity index (χ1v) is 13.5. The third-order valence-electron chi connectivity index (χ3n) is 7.57. The van der Waals surface area contributed by atoms with Gasteiger partial charge in [-0.1, -0.05) is 26.5 Å². The number of hydrogen-bond acceptors (Lipinski definition) is 10. The predicted octanol–water partition coefficient (Wildman–Crippen LogP) is 2.95. The Hall–Kier alpha value is -5.14. The monoisotopic (exact) mass is 591 g/mol. The molecule has 0 aliphatic carbocycles. The molecule has 0 bridgehead atoms. The highest BCUT2D eigenvalue weighted by atomic mass is 19.1. The van der Waals surface area contributed by atoms with Gasteiger partial charge in [0.25, 0.3) is 0 Å². The average molecular weight is 592 g/mol. The number of phenolic OH excluding ortho intramolecular Hbond substituents is 1. The second-order valence-corrected chi connectivity index (χ2v) is 10.4. The second kappa shape index (κ2) is 10.6. The number of halogens is 2. The molecular weight excluding hydrogens is 564 g/mol. The van der Waals surface area contributed by atoms with Crippen LogP contribution >= 0.6 is 0 Å². The normalized spacial score (nSPS) is 16.1. The number of phenols is 1. The van der Waals surface area contributed by atoms with Gasteiger partial charge in [-0.2, -0.15) is 9.97 Å². The van der Waals surface area contributed by atoms with Gasteiger partial charge >= 0.3 is 5.69 Å². The molecule has 14 heteroatoms. The van der Waals surface area contributed by atoms with Crippen molar-refractivity contribution in [2.75, 3.05) is 38.3 Å². The van der Waals surface area contributed by atoms with E-state index in [0.29, 0.717) is 5.69 Å². The van der Waals surface area contributed by atoms with E-state index in [9.17, 15) is 14.7 Å². The molecule has 2 aliphatic heterocycles. The molecule has 1 atom stereocenters. The summed E-state index contributed by atoms with van der Waals surface area (Å²) >= 11 is 0. The summed E-state index contributed by atoms with van der Waals surface area (Å²) in [6, 6.07) is 3.01. The maximum Gasteiger partial charge on any atom is 0.356 e. The minimum absolute atomic E-state index is 0.0323. The van der Waals surface area contributed by atoms with Crippen LogP contribution in [0.4, 0.5) is 14.6 Å². The molecule has 1 amide bonds. The summed E-state index contributed by atoms with van der Waals surface area (Å²) in [7, 11) is 1.37. The van der Waals surface area contributed by atoms with Gasteiger partial charge in [0, 0.05) is 19.6 Å². The number of nitrogens with zero attached hydrogens (tertiary/aromatic N) is 7. The van der Waals surface area contributed by atoms with Crippen molar-refractivity contribution in [3.05, 3.63) is 65.0 Å². The Morgan fingerprint density at radius 1 is 1.23 bits per heavy atom. The molecule has 0 spiro atoms. The summed E-state index contributed by atoms with van der Waals surface area (Å²) in [4.78, 5) is 47.1. The summed E-state index contributed by atoms with van der Waals surface area (Å²) < 4.78 is 44.2. The number of methoxy groups -OCH3 is 1. The maximum atomic E-state index is 16.4. The van der Waals surface area contributed by atoms with E-state index in [1.54, 1.807) is 9.80 Å². The van der Waals surface area contributed by atoms with Gasteiger partial charge in [-0.3, -0.25) is 4.79 Å². The van der Waals surface area contributed by atoms with E-state index in [1.165, 1.54) is 31.6 Å². The molecule has 1 fully saturated rings. The summed E-state index contributed by atoms with van der Waals surface area (Å²) in [5, 5.41) is 10.6. The number of hydrogen-bond donors (Lipinski definition) is 1. The number of fused-ring (bicyclic) bond motifs is 2. The van der Waals surface area contributed by atoms with E-state index in [-0.39, 0.29) is 72.2 Å². The first-order chi connectivity index (χ1) is 20.7. The maximum absolute atomic E-state index is 16.4. The molecule has 6 rings (SSSR count). The fourth-order valence-electron chi connectivity index (χ4n) is 5.58. The Kier molecular flexibility index (Phi) is 6.90. The number of carbonyl (C=O) groups excluding carboxylic acids is 1. The number of ether oxygens (including phenoxy) is 2. The van der Waals surface area contributed by atoms with Gasteiger partial charge in [0.15, 0.2) is 17.2 Å². The quantitative estimate of drug-likeness (QED) is 0.345. The summed E-state index contributed by atoms with van der Waals surface area (Å²) in [6.45, 7) is 7.90. The number of piperazine rings is 1.